The van der Waals surface area contributed by atoms with Crippen LogP contribution in [-0.4, -0.2) is 22.7 Å². The van der Waals surface area contributed by atoms with Crippen molar-refractivity contribution in [3.8, 4) is 11.5 Å². The minimum Gasteiger partial charge on any atom is -0.506 e. The number of para-hydroxylation sites is 1. The molecule has 2 rings (SSSR count). The normalized spacial score (nSPS) is 10.1. The van der Waals surface area contributed by atoms with E-state index in [1.807, 2.05) is 38.1 Å². The first-order valence-electron chi connectivity index (χ1n) is 7.60. The molecule has 0 atom stereocenters. The van der Waals surface area contributed by atoms with E-state index in [1.165, 1.54) is 0 Å². The average Bonchev–Trinajstić information content (AvgIpc) is 2.56. The van der Waals surface area contributed by atoms with Gasteiger partial charge in [-0.25, -0.2) is 0 Å². The van der Waals surface area contributed by atoms with E-state index in [1.54, 1.807) is 18.2 Å². The van der Waals surface area contributed by atoms with E-state index in [0.717, 1.165) is 17.5 Å². The fourth-order valence-corrected chi connectivity index (χ4v) is 2.30. The largest absolute Gasteiger partial charge is 0.506 e. The summed E-state index contributed by atoms with van der Waals surface area (Å²) in [4.78, 5) is 11.9. The number of aromatic hydroxyl groups is 1. The van der Waals surface area contributed by atoms with Crippen molar-refractivity contribution in [2.45, 2.75) is 20.3 Å². The molecule has 5 nitrogen and oxygen atoms in total. The first-order chi connectivity index (χ1) is 11.5. The Kier molecular flexibility index (Phi) is 6.14. The van der Waals surface area contributed by atoms with Gasteiger partial charge in [0, 0.05) is 0 Å². The van der Waals surface area contributed by atoms with E-state index in [0.29, 0.717) is 11.4 Å². The lowest BCUT2D eigenvalue weighted by Gasteiger charge is -2.13. The Morgan fingerprint density at radius 1 is 1.25 bits per heavy atom. The van der Waals surface area contributed by atoms with Crippen LogP contribution < -0.4 is 15.4 Å². The van der Waals surface area contributed by atoms with Crippen LogP contribution in [0.2, 0.25) is 0 Å². The molecule has 1 amide bonds. The number of phenolic OH excluding ortho intramolecular Hbond substituents is 1. The Balaban J connectivity index is 1.88. The van der Waals surface area contributed by atoms with Crippen molar-refractivity contribution in [2.24, 2.45) is 0 Å². The minimum absolute atomic E-state index is 0.0694. The fourth-order valence-electron chi connectivity index (χ4n) is 2.08. The van der Waals surface area contributed by atoms with Gasteiger partial charge in [0.25, 0.3) is 5.91 Å². The molecule has 2 aromatic carbocycles. The summed E-state index contributed by atoms with van der Waals surface area (Å²) in [6.45, 7) is 3.77. The maximum atomic E-state index is 11.9. The summed E-state index contributed by atoms with van der Waals surface area (Å²) >= 11 is 5.10. The first-order valence-corrected chi connectivity index (χ1v) is 8.01. The average molecular weight is 344 g/mol. The van der Waals surface area contributed by atoms with E-state index < -0.39 is 0 Å². The molecular formula is C18H20N2O3S. The van der Waals surface area contributed by atoms with Gasteiger partial charge in [-0.1, -0.05) is 31.2 Å². The Hall–Kier alpha value is -2.60. The van der Waals surface area contributed by atoms with Crippen LogP contribution in [0.4, 0.5) is 5.69 Å². The summed E-state index contributed by atoms with van der Waals surface area (Å²) in [6.07, 6.45) is 0.832. The first kappa shape index (κ1) is 17.7. The fraction of sp³-hybridized carbons (Fsp3) is 0.222. The monoisotopic (exact) mass is 344 g/mol. The number of phenols is 1. The summed E-state index contributed by atoms with van der Waals surface area (Å²) in [5.74, 6) is 0.349. The summed E-state index contributed by atoms with van der Waals surface area (Å²) in [6, 6.07) is 12.7. The molecule has 2 aromatic rings. The van der Waals surface area contributed by atoms with Crippen molar-refractivity contribution in [1.82, 2.24) is 5.32 Å². The van der Waals surface area contributed by atoms with Crippen LogP contribution in [0.3, 0.4) is 0 Å². The third kappa shape index (κ3) is 4.96. The molecule has 0 fully saturated rings. The molecular weight excluding hydrogens is 324 g/mol. The van der Waals surface area contributed by atoms with Crippen molar-refractivity contribution in [3.05, 3.63) is 53.6 Å². The lowest BCUT2D eigenvalue weighted by Crippen LogP contribution is -2.37. The molecule has 3 N–H and O–H groups in total. The van der Waals surface area contributed by atoms with Crippen LogP contribution in [0.25, 0.3) is 0 Å². The van der Waals surface area contributed by atoms with E-state index >= 15 is 0 Å². The highest BCUT2D eigenvalue weighted by molar-refractivity contribution is 7.80. The zero-order chi connectivity index (χ0) is 17.5. The number of ether oxygens (including phenoxy) is 1. The topological polar surface area (TPSA) is 70.6 Å². The molecule has 0 saturated heterocycles. The van der Waals surface area contributed by atoms with Crippen molar-refractivity contribution in [1.29, 1.82) is 0 Å². The van der Waals surface area contributed by atoms with Crippen LogP contribution in [0.15, 0.2) is 42.5 Å². The number of carbonyl (C=O) groups excluding carboxylic acids is 1. The zero-order valence-electron chi connectivity index (χ0n) is 13.6. The lowest BCUT2D eigenvalue weighted by atomic mass is 10.1. The SMILES string of the molecule is CCc1ccc(O)c(NC(=S)NC(=O)COc2ccccc2C)c1. The number of amides is 1. The summed E-state index contributed by atoms with van der Waals surface area (Å²) in [5.41, 5.74) is 2.46. The Morgan fingerprint density at radius 2 is 2.00 bits per heavy atom. The predicted molar refractivity (Wildman–Crippen MR) is 98.5 cm³/mol. The van der Waals surface area contributed by atoms with Crippen LogP contribution in [0, 0.1) is 6.92 Å². The van der Waals surface area contributed by atoms with Gasteiger partial charge in [0.05, 0.1) is 5.69 Å². The molecule has 0 heterocycles. The van der Waals surface area contributed by atoms with E-state index in [4.69, 9.17) is 17.0 Å². The maximum absolute atomic E-state index is 11.9. The molecule has 0 radical (unpaired) electrons. The van der Waals surface area contributed by atoms with E-state index in [9.17, 15) is 9.90 Å². The Bertz CT molecular complexity index is 747. The molecule has 0 bridgehead atoms. The molecule has 0 saturated carbocycles. The van der Waals surface area contributed by atoms with Gasteiger partial charge >= 0.3 is 0 Å². The van der Waals surface area contributed by atoms with Gasteiger partial charge in [-0.05, 0) is 54.9 Å². The molecule has 0 aromatic heterocycles. The highest BCUT2D eigenvalue weighted by Gasteiger charge is 2.09. The van der Waals surface area contributed by atoms with Gasteiger partial charge in [-0.3, -0.25) is 10.1 Å². The minimum atomic E-state index is -0.373. The summed E-state index contributed by atoms with van der Waals surface area (Å²) in [7, 11) is 0. The number of thiocarbonyl (C=S) groups is 1. The summed E-state index contributed by atoms with van der Waals surface area (Å²) < 4.78 is 5.46. The van der Waals surface area contributed by atoms with Gasteiger partial charge in [0.1, 0.15) is 11.5 Å². The molecule has 24 heavy (non-hydrogen) atoms. The molecule has 0 spiro atoms. The number of hydrogen-bond donors (Lipinski definition) is 3. The second kappa shape index (κ2) is 8.31. The number of aryl methyl sites for hydroxylation is 2. The van der Waals surface area contributed by atoms with Crippen LogP contribution >= 0.6 is 12.2 Å². The van der Waals surface area contributed by atoms with Gasteiger partial charge in [-0.15, -0.1) is 0 Å². The highest BCUT2D eigenvalue weighted by Crippen LogP contribution is 2.24. The molecule has 0 unspecified atom stereocenters. The van der Waals surface area contributed by atoms with Crippen molar-refractivity contribution in [3.63, 3.8) is 0 Å². The molecule has 0 aliphatic carbocycles. The third-order valence-corrected chi connectivity index (χ3v) is 3.63. The molecule has 0 aliphatic rings. The number of nitrogens with one attached hydrogen (secondary N) is 2. The van der Waals surface area contributed by atoms with Crippen molar-refractivity contribution in [2.75, 3.05) is 11.9 Å². The second-order valence-electron chi connectivity index (χ2n) is 5.26. The van der Waals surface area contributed by atoms with Gasteiger partial charge < -0.3 is 15.2 Å². The highest BCUT2D eigenvalue weighted by atomic mass is 32.1. The smallest absolute Gasteiger partial charge is 0.264 e. The third-order valence-electron chi connectivity index (χ3n) is 3.42. The Labute approximate surface area is 146 Å². The quantitative estimate of drug-likeness (QED) is 0.574. The van der Waals surface area contributed by atoms with Crippen LogP contribution in [-0.2, 0) is 11.2 Å². The molecule has 0 aliphatic heterocycles. The van der Waals surface area contributed by atoms with Crippen molar-refractivity contribution < 1.29 is 14.6 Å². The van der Waals surface area contributed by atoms with E-state index in [-0.39, 0.29) is 23.4 Å². The number of benzene rings is 2. The standard InChI is InChI=1S/C18H20N2O3S/c1-3-13-8-9-15(21)14(10-13)19-18(24)20-17(22)11-23-16-7-5-4-6-12(16)2/h4-10,21H,3,11H2,1-2H3,(H2,19,20,22,24). The van der Waals surface area contributed by atoms with Crippen LogP contribution in [0.1, 0.15) is 18.1 Å². The van der Waals surface area contributed by atoms with E-state index in [2.05, 4.69) is 10.6 Å². The second-order valence-corrected chi connectivity index (χ2v) is 5.67. The summed E-state index contributed by atoms with van der Waals surface area (Å²) in [5, 5.41) is 15.3. The zero-order valence-corrected chi connectivity index (χ0v) is 14.4. The molecule has 126 valence electrons. The number of rotatable bonds is 5. The van der Waals surface area contributed by atoms with Gasteiger partial charge in [0.2, 0.25) is 0 Å². The lowest BCUT2D eigenvalue weighted by molar-refractivity contribution is -0.121. The predicted octanol–water partition coefficient (Wildman–Crippen LogP) is 3.16. The number of anilines is 1. The Morgan fingerprint density at radius 3 is 2.71 bits per heavy atom. The van der Waals surface area contributed by atoms with Crippen molar-refractivity contribution >= 4 is 28.9 Å². The maximum Gasteiger partial charge on any atom is 0.264 e. The number of hydrogen-bond acceptors (Lipinski definition) is 4. The van der Waals surface area contributed by atoms with Gasteiger partial charge in [-0.2, -0.15) is 0 Å². The number of carbonyl (C=O) groups is 1. The molecule has 6 heteroatoms. The van der Waals surface area contributed by atoms with Gasteiger partial charge in [0.15, 0.2) is 11.7 Å². The van der Waals surface area contributed by atoms with Crippen LogP contribution in [0.5, 0.6) is 11.5 Å².